The number of piperidine rings is 1. The van der Waals surface area contributed by atoms with E-state index in [4.69, 9.17) is 0 Å². The summed E-state index contributed by atoms with van der Waals surface area (Å²) in [6.07, 6.45) is 2.65. The third-order valence-electron chi connectivity index (χ3n) is 2.56. The molecule has 64 valence electrons. The predicted octanol–water partition coefficient (Wildman–Crippen LogP) is 1.77. The van der Waals surface area contributed by atoms with Gasteiger partial charge in [-0.3, -0.25) is 4.99 Å². The summed E-state index contributed by atoms with van der Waals surface area (Å²) in [5.74, 6) is 2.10. The van der Waals surface area contributed by atoms with Gasteiger partial charge in [0.2, 0.25) is 0 Å². The van der Waals surface area contributed by atoms with Gasteiger partial charge in [0.1, 0.15) is 0 Å². The molecular formula is C9H18N2. The highest BCUT2D eigenvalue weighted by atomic mass is 15.2. The van der Waals surface area contributed by atoms with Gasteiger partial charge in [-0.05, 0) is 25.7 Å². The van der Waals surface area contributed by atoms with Crippen molar-refractivity contribution >= 4 is 5.84 Å². The van der Waals surface area contributed by atoms with Crippen molar-refractivity contribution < 1.29 is 0 Å². The second kappa shape index (κ2) is 3.74. The fourth-order valence-corrected chi connectivity index (χ4v) is 1.47. The van der Waals surface area contributed by atoms with Crippen LogP contribution < -0.4 is 0 Å². The normalized spacial score (nSPS) is 22.5. The zero-order valence-electron chi connectivity index (χ0n) is 7.80. The van der Waals surface area contributed by atoms with E-state index < -0.39 is 0 Å². The Morgan fingerprint density at radius 2 is 1.91 bits per heavy atom. The topological polar surface area (TPSA) is 15.6 Å². The lowest BCUT2D eigenvalue weighted by atomic mass is 9.99. The molecule has 1 fully saturated rings. The summed E-state index contributed by atoms with van der Waals surface area (Å²) in [5, 5.41) is 0. The summed E-state index contributed by atoms with van der Waals surface area (Å²) in [6.45, 7) is 6.82. The van der Waals surface area contributed by atoms with E-state index in [1.54, 1.807) is 0 Å². The number of rotatable bonds is 0. The molecule has 1 aliphatic rings. The highest BCUT2D eigenvalue weighted by Crippen LogP contribution is 2.15. The molecule has 1 aliphatic heterocycles. The molecule has 1 heterocycles. The molecule has 1 rings (SSSR count). The van der Waals surface area contributed by atoms with Crippen molar-refractivity contribution in [3.05, 3.63) is 0 Å². The quantitative estimate of drug-likeness (QED) is 0.383. The minimum atomic E-state index is 0.913. The van der Waals surface area contributed by atoms with Crippen LogP contribution in [0.25, 0.3) is 0 Å². The number of nitrogens with zero attached hydrogens (tertiary/aromatic N) is 2. The molecule has 2 heteroatoms. The molecule has 1 saturated heterocycles. The number of hydrogen-bond acceptors (Lipinski definition) is 1. The molecule has 0 saturated carbocycles. The van der Waals surface area contributed by atoms with Crippen LogP contribution in [0.4, 0.5) is 0 Å². The Morgan fingerprint density at radius 1 is 1.36 bits per heavy atom. The van der Waals surface area contributed by atoms with Crippen LogP contribution >= 0.6 is 0 Å². The standard InChI is InChI=1S/C9H18N2/c1-8-4-6-11(7-5-8)9(2)10-3/h8H,4-7H2,1-3H3. The van der Waals surface area contributed by atoms with Crippen LogP contribution in [-0.4, -0.2) is 30.9 Å². The Labute approximate surface area is 69.3 Å². The first-order chi connectivity index (χ1) is 5.24. The number of amidine groups is 1. The van der Waals surface area contributed by atoms with Crippen LogP contribution in [0.2, 0.25) is 0 Å². The number of likely N-dealkylation sites (tertiary alicyclic amines) is 1. The van der Waals surface area contributed by atoms with Gasteiger partial charge in [0.15, 0.2) is 0 Å². The van der Waals surface area contributed by atoms with Crippen molar-refractivity contribution in [3.63, 3.8) is 0 Å². The molecule has 0 spiro atoms. The van der Waals surface area contributed by atoms with Crippen LogP contribution in [0.3, 0.4) is 0 Å². The van der Waals surface area contributed by atoms with Gasteiger partial charge in [-0.25, -0.2) is 0 Å². The lowest BCUT2D eigenvalue weighted by Crippen LogP contribution is -2.36. The number of hydrogen-bond donors (Lipinski definition) is 0. The Kier molecular flexibility index (Phi) is 2.92. The van der Waals surface area contributed by atoms with Gasteiger partial charge in [0.05, 0.1) is 5.84 Å². The minimum absolute atomic E-state index is 0.913. The highest BCUT2D eigenvalue weighted by Gasteiger charge is 2.15. The largest absolute Gasteiger partial charge is 0.361 e. The smallest absolute Gasteiger partial charge is 0.0954 e. The molecular weight excluding hydrogens is 136 g/mol. The SMILES string of the molecule is CN=C(C)N1CCC(C)CC1. The van der Waals surface area contributed by atoms with Crippen LogP contribution in [0, 0.1) is 5.92 Å². The molecule has 0 atom stereocenters. The van der Waals surface area contributed by atoms with Gasteiger partial charge in [0, 0.05) is 20.1 Å². The van der Waals surface area contributed by atoms with E-state index in [0.717, 1.165) is 5.92 Å². The monoisotopic (exact) mass is 154 g/mol. The van der Waals surface area contributed by atoms with Crippen LogP contribution in [-0.2, 0) is 0 Å². The van der Waals surface area contributed by atoms with Crippen LogP contribution in [0.5, 0.6) is 0 Å². The zero-order valence-corrected chi connectivity index (χ0v) is 7.80. The second-order valence-corrected chi connectivity index (χ2v) is 3.44. The van der Waals surface area contributed by atoms with Gasteiger partial charge in [-0.2, -0.15) is 0 Å². The molecule has 0 aromatic heterocycles. The third kappa shape index (κ3) is 2.21. The van der Waals surface area contributed by atoms with Crippen molar-refractivity contribution in [1.82, 2.24) is 4.90 Å². The van der Waals surface area contributed by atoms with Crippen LogP contribution in [0.1, 0.15) is 26.7 Å². The number of aliphatic imine (C=N–C) groups is 1. The van der Waals surface area contributed by atoms with Crippen LogP contribution in [0.15, 0.2) is 4.99 Å². The van der Waals surface area contributed by atoms with E-state index in [2.05, 4.69) is 23.7 Å². The summed E-state index contributed by atoms with van der Waals surface area (Å²) in [5.41, 5.74) is 0. The first kappa shape index (κ1) is 8.57. The molecule has 0 unspecified atom stereocenters. The maximum atomic E-state index is 4.18. The van der Waals surface area contributed by atoms with E-state index in [9.17, 15) is 0 Å². The van der Waals surface area contributed by atoms with E-state index >= 15 is 0 Å². The van der Waals surface area contributed by atoms with Gasteiger partial charge in [0.25, 0.3) is 0 Å². The summed E-state index contributed by atoms with van der Waals surface area (Å²) in [6, 6.07) is 0. The first-order valence-electron chi connectivity index (χ1n) is 4.42. The summed E-state index contributed by atoms with van der Waals surface area (Å²) in [7, 11) is 1.87. The molecule has 0 aliphatic carbocycles. The van der Waals surface area contributed by atoms with Crippen molar-refractivity contribution in [2.24, 2.45) is 10.9 Å². The summed E-state index contributed by atoms with van der Waals surface area (Å²) in [4.78, 5) is 6.55. The Bertz CT molecular complexity index is 144. The molecule has 0 radical (unpaired) electrons. The third-order valence-corrected chi connectivity index (χ3v) is 2.56. The van der Waals surface area contributed by atoms with Crippen molar-refractivity contribution in [2.45, 2.75) is 26.7 Å². The molecule has 0 bridgehead atoms. The first-order valence-corrected chi connectivity index (χ1v) is 4.42. The lowest BCUT2D eigenvalue weighted by Gasteiger charge is -2.31. The fraction of sp³-hybridized carbons (Fsp3) is 0.889. The molecule has 2 nitrogen and oxygen atoms in total. The summed E-state index contributed by atoms with van der Waals surface area (Å²) >= 11 is 0. The van der Waals surface area contributed by atoms with Gasteiger partial charge >= 0.3 is 0 Å². The lowest BCUT2D eigenvalue weighted by molar-refractivity contribution is 0.279. The molecule has 0 aromatic rings. The average molecular weight is 154 g/mol. The highest BCUT2D eigenvalue weighted by molar-refractivity contribution is 5.79. The van der Waals surface area contributed by atoms with E-state index in [-0.39, 0.29) is 0 Å². The molecule has 11 heavy (non-hydrogen) atoms. The van der Waals surface area contributed by atoms with E-state index in [1.165, 1.54) is 31.8 Å². The Hall–Kier alpha value is -0.530. The Balaban J connectivity index is 2.39. The molecule has 0 N–H and O–H groups in total. The summed E-state index contributed by atoms with van der Waals surface area (Å²) < 4.78 is 0. The van der Waals surface area contributed by atoms with E-state index in [1.807, 2.05) is 7.05 Å². The Morgan fingerprint density at radius 3 is 2.36 bits per heavy atom. The minimum Gasteiger partial charge on any atom is -0.361 e. The molecule has 0 aromatic carbocycles. The predicted molar refractivity (Wildman–Crippen MR) is 49.0 cm³/mol. The molecule has 0 amide bonds. The fourth-order valence-electron chi connectivity index (χ4n) is 1.47. The second-order valence-electron chi connectivity index (χ2n) is 3.44. The van der Waals surface area contributed by atoms with Crippen molar-refractivity contribution in [3.8, 4) is 0 Å². The zero-order chi connectivity index (χ0) is 8.27. The van der Waals surface area contributed by atoms with Gasteiger partial charge < -0.3 is 4.90 Å². The maximum Gasteiger partial charge on any atom is 0.0954 e. The van der Waals surface area contributed by atoms with Crippen molar-refractivity contribution in [1.29, 1.82) is 0 Å². The van der Waals surface area contributed by atoms with Gasteiger partial charge in [-0.1, -0.05) is 6.92 Å². The maximum absolute atomic E-state index is 4.18. The van der Waals surface area contributed by atoms with Gasteiger partial charge in [-0.15, -0.1) is 0 Å². The van der Waals surface area contributed by atoms with E-state index in [0.29, 0.717) is 0 Å². The average Bonchev–Trinajstić information content (AvgIpc) is 2.05. The van der Waals surface area contributed by atoms with Crippen molar-refractivity contribution in [2.75, 3.05) is 20.1 Å².